The van der Waals surface area contributed by atoms with Gasteiger partial charge in [0.2, 0.25) is 5.91 Å². The number of aliphatic hydroxyl groups is 1. The highest BCUT2D eigenvalue weighted by atomic mass is 16.3. The molecule has 4 unspecified atom stereocenters. The Morgan fingerprint density at radius 3 is 2.71 bits per heavy atom. The zero-order valence-corrected chi connectivity index (χ0v) is 10.9. The van der Waals surface area contributed by atoms with Gasteiger partial charge >= 0.3 is 0 Å². The standard InChI is InChI=1S/C13H24N2O2/c1-9-4-3-5-10(6-9)15(2)13(17)12-7-11(16)8-14-12/h9-12,14,16H,3-8H2,1-2H3. The summed E-state index contributed by atoms with van der Waals surface area (Å²) in [5.74, 6) is 0.881. The van der Waals surface area contributed by atoms with Crippen LogP contribution in [0, 0.1) is 5.92 Å². The lowest BCUT2D eigenvalue weighted by molar-refractivity contribution is -0.134. The van der Waals surface area contributed by atoms with Crippen molar-refractivity contribution in [3.8, 4) is 0 Å². The number of nitrogens with one attached hydrogen (secondary N) is 1. The van der Waals surface area contributed by atoms with Crippen LogP contribution in [0.25, 0.3) is 0 Å². The number of carbonyl (C=O) groups is 1. The molecule has 2 rings (SSSR count). The van der Waals surface area contributed by atoms with Crippen molar-refractivity contribution in [2.75, 3.05) is 13.6 Å². The van der Waals surface area contributed by atoms with E-state index in [9.17, 15) is 9.90 Å². The number of hydrogen-bond donors (Lipinski definition) is 2. The molecule has 1 saturated carbocycles. The molecular weight excluding hydrogens is 216 g/mol. The first-order chi connectivity index (χ1) is 8.08. The van der Waals surface area contributed by atoms with Gasteiger partial charge in [-0.2, -0.15) is 0 Å². The second kappa shape index (κ2) is 5.36. The normalized spacial score (nSPS) is 38.1. The Labute approximate surface area is 103 Å². The fraction of sp³-hybridized carbons (Fsp3) is 0.923. The van der Waals surface area contributed by atoms with E-state index in [4.69, 9.17) is 0 Å². The van der Waals surface area contributed by atoms with E-state index in [1.807, 2.05) is 11.9 Å². The van der Waals surface area contributed by atoms with E-state index in [1.165, 1.54) is 12.8 Å². The number of likely N-dealkylation sites (N-methyl/N-ethyl adjacent to an activating group) is 1. The van der Waals surface area contributed by atoms with Crippen LogP contribution in [0.5, 0.6) is 0 Å². The molecule has 4 nitrogen and oxygen atoms in total. The SMILES string of the molecule is CC1CCCC(N(C)C(=O)C2CC(O)CN2)C1. The monoisotopic (exact) mass is 240 g/mol. The van der Waals surface area contributed by atoms with Crippen LogP contribution >= 0.6 is 0 Å². The van der Waals surface area contributed by atoms with E-state index in [0.29, 0.717) is 19.0 Å². The number of aliphatic hydroxyl groups excluding tert-OH is 1. The predicted molar refractivity (Wildman–Crippen MR) is 66.6 cm³/mol. The van der Waals surface area contributed by atoms with E-state index < -0.39 is 0 Å². The zero-order chi connectivity index (χ0) is 12.4. The van der Waals surface area contributed by atoms with Crippen molar-refractivity contribution >= 4 is 5.91 Å². The van der Waals surface area contributed by atoms with Crippen LogP contribution in [0.4, 0.5) is 0 Å². The Morgan fingerprint density at radius 2 is 2.12 bits per heavy atom. The summed E-state index contributed by atoms with van der Waals surface area (Å²) in [6.07, 6.45) is 4.97. The fourth-order valence-corrected chi connectivity index (χ4v) is 3.08. The quantitative estimate of drug-likeness (QED) is 0.749. The van der Waals surface area contributed by atoms with Crippen molar-refractivity contribution < 1.29 is 9.90 Å². The fourth-order valence-electron chi connectivity index (χ4n) is 3.08. The first-order valence-corrected chi connectivity index (χ1v) is 6.76. The second-order valence-electron chi connectivity index (χ2n) is 5.73. The second-order valence-corrected chi connectivity index (χ2v) is 5.73. The summed E-state index contributed by atoms with van der Waals surface area (Å²) in [6.45, 7) is 2.81. The third-order valence-corrected chi connectivity index (χ3v) is 4.21. The van der Waals surface area contributed by atoms with Gasteiger partial charge in [0.1, 0.15) is 0 Å². The van der Waals surface area contributed by atoms with Crippen molar-refractivity contribution in [3.05, 3.63) is 0 Å². The average Bonchev–Trinajstić information content (AvgIpc) is 2.74. The van der Waals surface area contributed by atoms with Gasteiger partial charge in [0.25, 0.3) is 0 Å². The van der Waals surface area contributed by atoms with Gasteiger partial charge in [-0.15, -0.1) is 0 Å². The van der Waals surface area contributed by atoms with Crippen molar-refractivity contribution in [1.29, 1.82) is 0 Å². The Hall–Kier alpha value is -0.610. The van der Waals surface area contributed by atoms with E-state index >= 15 is 0 Å². The highest BCUT2D eigenvalue weighted by Crippen LogP contribution is 2.27. The molecule has 2 N–H and O–H groups in total. The highest BCUT2D eigenvalue weighted by Gasteiger charge is 2.33. The minimum atomic E-state index is -0.359. The molecule has 0 aromatic carbocycles. The van der Waals surface area contributed by atoms with Crippen molar-refractivity contribution in [2.24, 2.45) is 5.92 Å². The Balaban J connectivity index is 1.90. The summed E-state index contributed by atoms with van der Waals surface area (Å²) in [5, 5.41) is 12.5. The molecule has 2 fully saturated rings. The largest absolute Gasteiger partial charge is 0.392 e. The molecule has 0 aromatic rings. The number of amides is 1. The maximum atomic E-state index is 12.2. The molecule has 1 amide bonds. The molecule has 0 bridgehead atoms. The molecule has 0 spiro atoms. The Kier molecular flexibility index (Phi) is 4.05. The van der Waals surface area contributed by atoms with Gasteiger partial charge in [0.05, 0.1) is 12.1 Å². The van der Waals surface area contributed by atoms with E-state index in [2.05, 4.69) is 12.2 Å². The Bertz CT molecular complexity index is 283. The summed E-state index contributed by atoms with van der Waals surface area (Å²) < 4.78 is 0. The number of hydrogen-bond acceptors (Lipinski definition) is 3. The van der Waals surface area contributed by atoms with Gasteiger partial charge < -0.3 is 15.3 Å². The lowest BCUT2D eigenvalue weighted by atomic mass is 9.86. The van der Waals surface area contributed by atoms with Crippen molar-refractivity contribution in [2.45, 2.75) is 57.2 Å². The molecule has 1 heterocycles. The third kappa shape index (κ3) is 2.99. The molecule has 4 atom stereocenters. The topological polar surface area (TPSA) is 52.6 Å². The summed E-state index contributed by atoms with van der Waals surface area (Å²) in [4.78, 5) is 14.2. The molecular formula is C13H24N2O2. The third-order valence-electron chi connectivity index (χ3n) is 4.21. The number of carbonyl (C=O) groups excluding carboxylic acids is 1. The van der Waals surface area contributed by atoms with E-state index in [-0.39, 0.29) is 18.1 Å². The van der Waals surface area contributed by atoms with Gasteiger partial charge in [-0.05, 0) is 25.2 Å². The summed E-state index contributed by atoms with van der Waals surface area (Å²) in [5.41, 5.74) is 0. The number of β-amino-alcohol motifs (C(OH)–C–C–N with tert-alkyl or cyclic N) is 1. The molecule has 2 aliphatic rings. The Morgan fingerprint density at radius 1 is 1.35 bits per heavy atom. The van der Waals surface area contributed by atoms with Gasteiger partial charge in [0, 0.05) is 19.6 Å². The van der Waals surface area contributed by atoms with E-state index in [0.717, 1.165) is 18.8 Å². The van der Waals surface area contributed by atoms with Crippen LogP contribution in [0.3, 0.4) is 0 Å². The van der Waals surface area contributed by atoms with Crippen LogP contribution in [0.1, 0.15) is 39.0 Å². The molecule has 0 aromatic heterocycles. The summed E-state index contributed by atoms with van der Waals surface area (Å²) >= 11 is 0. The van der Waals surface area contributed by atoms with Gasteiger partial charge in [-0.1, -0.05) is 19.8 Å². The molecule has 4 heteroatoms. The first kappa shape index (κ1) is 12.8. The van der Waals surface area contributed by atoms with Crippen LogP contribution < -0.4 is 5.32 Å². The summed E-state index contributed by atoms with van der Waals surface area (Å²) in [6, 6.07) is 0.220. The lowest BCUT2D eigenvalue weighted by Crippen LogP contribution is -2.47. The van der Waals surface area contributed by atoms with Crippen LogP contribution in [-0.4, -0.2) is 47.7 Å². The van der Waals surface area contributed by atoms with E-state index in [1.54, 1.807) is 0 Å². The van der Waals surface area contributed by atoms with Crippen LogP contribution in [-0.2, 0) is 4.79 Å². The van der Waals surface area contributed by atoms with Crippen molar-refractivity contribution in [1.82, 2.24) is 10.2 Å². The smallest absolute Gasteiger partial charge is 0.239 e. The molecule has 17 heavy (non-hydrogen) atoms. The maximum Gasteiger partial charge on any atom is 0.239 e. The minimum absolute atomic E-state index is 0.153. The summed E-state index contributed by atoms with van der Waals surface area (Å²) in [7, 11) is 1.91. The predicted octanol–water partition coefficient (Wildman–Crippen LogP) is 0.746. The lowest BCUT2D eigenvalue weighted by Gasteiger charge is -2.35. The van der Waals surface area contributed by atoms with Crippen LogP contribution in [0.15, 0.2) is 0 Å². The molecule has 0 radical (unpaired) electrons. The molecule has 1 aliphatic carbocycles. The number of nitrogens with zero attached hydrogens (tertiary/aromatic N) is 1. The molecule has 1 aliphatic heterocycles. The van der Waals surface area contributed by atoms with Gasteiger partial charge in [-0.3, -0.25) is 4.79 Å². The van der Waals surface area contributed by atoms with Crippen LogP contribution in [0.2, 0.25) is 0 Å². The van der Waals surface area contributed by atoms with Gasteiger partial charge in [-0.25, -0.2) is 0 Å². The highest BCUT2D eigenvalue weighted by molar-refractivity contribution is 5.82. The first-order valence-electron chi connectivity index (χ1n) is 6.76. The average molecular weight is 240 g/mol. The number of rotatable bonds is 2. The zero-order valence-electron chi connectivity index (χ0n) is 10.9. The molecule has 98 valence electrons. The maximum absolute atomic E-state index is 12.2. The molecule has 1 saturated heterocycles. The minimum Gasteiger partial charge on any atom is -0.392 e. The van der Waals surface area contributed by atoms with Crippen molar-refractivity contribution in [3.63, 3.8) is 0 Å². The van der Waals surface area contributed by atoms with Gasteiger partial charge in [0.15, 0.2) is 0 Å².